The van der Waals surface area contributed by atoms with E-state index in [-0.39, 0.29) is 25.0 Å². The fourth-order valence-corrected chi connectivity index (χ4v) is 1.46. The molecule has 1 aliphatic rings. The lowest BCUT2D eigenvalue weighted by atomic mass is 10.1. The summed E-state index contributed by atoms with van der Waals surface area (Å²) in [6.45, 7) is 0.0121. The number of aliphatic hydroxyl groups excluding tert-OH is 1. The monoisotopic (exact) mass is 179 g/mol. The van der Waals surface area contributed by atoms with Crippen LogP contribution >= 0.6 is 9.47 Å². The quantitative estimate of drug-likeness (QED) is 0.567. The van der Waals surface area contributed by atoms with Crippen molar-refractivity contribution in [3.63, 3.8) is 0 Å². The van der Waals surface area contributed by atoms with Crippen LogP contribution in [0.2, 0.25) is 0 Å². The molecule has 3 N–H and O–H groups in total. The zero-order valence-electron chi connectivity index (χ0n) is 6.27. The topological polar surface area (TPSA) is 64.7 Å². The van der Waals surface area contributed by atoms with Gasteiger partial charge in [-0.2, -0.15) is 0 Å². The Morgan fingerprint density at radius 3 is 2.91 bits per heavy atom. The van der Waals surface area contributed by atoms with Crippen LogP contribution in [0.4, 0.5) is 0 Å². The van der Waals surface area contributed by atoms with E-state index in [2.05, 4.69) is 9.47 Å². The smallest absolute Gasteiger partial charge is 0.108 e. The van der Waals surface area contributed by atoms with E-state index in [4.69, 9.17) is 20.1 Å². The Balaban J connectivity index is 2.37. The molecule has 1 rings (SSSR count). The Hall–Kier alpha value is 0.270. The first kappa shape index (κ1) is 9.36. The second kappa shape index (κ2) is 4.33. The minimum atomic E-state index is -0.300. The molecule has 0 saturated carbocycles. The Morgan fingerprint density at radius 2 is 2.36 bits per heavy atom. The predicted octanol–water partition coefficient (Wildman–Crippen LogP) is -0.382. The molecule has 1 aliphatic heterocycles. The SMILES string of the molecule is NC1C[C@H](OP)C[C@@H](CO)O1. The van der Waals surface area contributed by atoms with Crippen molar-refractivity contribution in [3.05, 3.63) is 0 Å². The van der Waals surface area contributed by atoms with E-state index in [1.54, 1.807) is 0 Å². The number of ether oxygens (including phenoxy) is 1. The van der Waals surface area contributed by atoms with Crippen molar-refractivity contribution in [3.8, 4) is 0 Å². The van der Waals surface area contributed by atoms with Gasteiger partial charge in [0.2, 0.25) is 0 Å². The largest absolute Gasteiger partial charge is 0.394 e. The highest BCUT2D eigenvalue weighted by Gasteiger charge is 2.26. The molecule has 0 spiro atoms. The van der Waals surface area contributed by atoms with Gasteiger partial charge in [-0.15, -0.1) is 0 Å². The van der Waals surface area contributed by atoms with Crippen LogP contribution in [0.5, 0.6) is 0 Å². The van der Waals surface area contributed by atoms with E-state index in [1.807, 2.05) is 0 Å². The third kappa shape index (κ3) is 2.65. The molecule has 4 nitrogen and oxygen atoms in total. The van der Waals surface area contributed by atoms with Gasteiger partial charge in [-0.3, -0.25) is 0 Å². The lowest BCUT2D eigenvalue weighted by Gasteiger charge is -2.31. The van der Waals surface area contributed by atoms with Crippen molar-refractivity contribution < 1.29 is 14.4 Å². The first-order valence-electron chi connectivity index (χ1n) is 3.63. The maximum Gasteiger partial charge on any atom is 0.108 e. The molecule has 0 aromatic heterocycles. The normalized spacial score (nSPS) is 39.0. The van der Waals surface area contributed by atoms with E-state index >= 15 is 0 Å². The third-order valence-corrected chi connectivity index (χ3v) is 2.17. The van der Waals surface area contributed by atoms with Crippen LogP contribution in [0, 0.1) is 0 Å². The van der Waals surface area contributed by atoms with Gasteiger partial charge in [0.25, 0.3) is 0 Å². The molecule has 1 fully saturated rings. The van der Waals surface area contributed by atoms with Gasteiger partial charge < -0.3 is 20.1 Å². The molecule has 0 aromatic rings. The van der Waals surface area contributed by atoms with Gasteiger partial charge in [0, 0.05) is 22.3 Å². The molecular formula is C6H14NO3P. The Labute approximate surface area is 68.3 Å². The van der Waals surface area contributed by atoms with E-state index in [0.29, 0.717) is 12.8 Å². The van der Waals surface area contributed by atoms with Gasteiger partial charge in [0.1, 0.15) is 6.23 Å². The summed E-state index contributed by atoms with van der Waals surface area (Å²) in [5.74, 6) is 0. The fraction of sp³-hybridized carbons (Fsp3) is 1.00. The van der Waals surface area contributed by atoms with Crippen molar-refractivity contribution >= 4 is 9.47 Å². The second-order valence-electron chi connectivity index (χ2n) is 2.71. The average molecular weight is 179 g/mol. The van der Waals surface area contributed by atoms with Crippen LogP contribution in [-0.2, 0) is 9.26 Å². The summed E-state index contributed by atoms with van der Waals surface area (Å²) in [4.78, 5) is 0. The van der Waals surface area contributed by atoms with E-state index in [0.717, 1.165) is 0 Å². The van der Waals surface area contributed by atoms with Gasteiger partial charge in [-0.1, -0.05) is 0 Å². The summed E-state index contributed by atoms with van der Waals surface area (Å²) in [6.07, 6.45) is 1.05. The summed E-state index contributed by atoms with van der Waals surface area (Å²) in [5, 5.41) is 8.78. The van der Waals surface area contributed by atoms with Crippen molar-refractivity contribution in [2.75, 3.05) is 6.61 Å². The minimum absolute atomic E-state index is 0.0121. The zero-order chi connectivity index (χ0) is 8.27. The molecule has 1 saturated heterocycles. The number of nitrogens with two attached hydrogens (primary N) is 1. The molecule has 0 amide bonds. The van der Waals surface area contributed by atoms with E-state index in [9.17, 15) is 0 Å². The standard InChI is InChI=1S/C6H14NO3P/c7-6-2-4(10-11)1-5(3-8)9-6/h4-6,8H,1-3,7,11H2/t4-,5+,6?/m1/s1. The van der Waals surface area contributed by atoms with Gasteiger partial charge in [0.15, 0.2) is 0 Å². The molecule has 0 bridgehead atoms. The molecule has 66 valence electrons. The molecule has 2 unspecified atom stereocenters. The number of aliphatic hydroxyl groups is 1. The summed E-state index contributed by atoms with van der Waals surface area (Å²) < 4.78 is 10.2. The molecule has 11 heavy (non-hydrogen) atoms. The van der Waals surface area contributed by atoms with Crippen molar-refractivity contribution in [1.82, 2.24) is 0 Å². The lowest BCUT2D eigenvalue weighted by molar-refractivity contribution is -0.100. The highest BCUT2D eigenvalue weighted by molar-refractivity contribution is 7.09. The van der Waals surface area contributed by atoms with Gasteiger partial charge >= 0.3 is 0 Å². The summed E-state index contributed by atoms with van der Waals surface area (Å²) in [5.41, 5.74) is 5.54. The zero-order valence-corrected chi connectivity index (χ0v) is 7.43. The number of hydrogen-bond donors (Lipinski definition) is 2. The first-order valence-corrected chi connectivity index (χ1v) is 4.11. The van der Waals surface area contributed by atoms with Crippen molar-refractivity contribution in [2.45, 2.75) is 31.3 Å². The van der Waals surface area contributed by atoms with Crippen LogP contribution in [-0.4, -0.2) is 30.1 Å². The predicted molar refractivity (Wildman–Crippen MR) is 43.8 cm³/mol. The van der Waals surface area contributed by atoms with Crippen molar-refractivity contribution in [1.29, 1.82) is 0 Å². The highest BCUT2D eigenvalue weighted by atomic mass is 31.0. The maximum absolute atomic E-state index is 8.78. The average Bonchev–Trinajstić information content (AvgIpc) is 2.03. The van der Waals surface area contributed by atoms with Crippen LogP contribution in [0.3, 0.4) is 0 Å². The highest BCUT2D eigenvalue weighted by Crippen LogP contribution is 2.20. The molecule has 1 heterocycles. The Bertz CT molecular complexity index is 112. The summed E-state index contributed by atoms with van der Waals surface area (Å²) in [7, 11) is 2.21. The van der Waals surface area contributed by atoms with Crippen molar-refractivity contribution in [2.24, 2.45) is 5.73 Å². The molecule has 0 radical (unpaired) electrons. The van der Waals surface area contributed by atoms with Crippen LogP contribution in [0.15, 0.2) is 0 Å². The lowest BCUT2D eigenvalue weighted by Crippen LogP contribution is -2.42. The third-order valence-electron chi connectivity index (χ3n) is 1.78. The molecular weight excluding hydrogens is 165 g/mol. The molecule has 5 heteroatoms. The van der Waals surface area contributed by atoms with Gasteiger partial charge in [0.05, 0.1) is 18.8 Å². The van der Waals surface area contributed by atoms with E-state index < -0.39 is 0 Å². The van der Waals surface area contributed by atoms with Gasteiger partial charge in [-0.25, -0.2) is 0 Å². The second-order valence-corrected chi connectivity index (χ2v) is 2.98. The summed E-state index contributed by atoms with van der Waals surface area (Å²) >= 11 is 0. The fourth-order valence-electron chi connectivity index (χ4n) is 1.24. The minimum Gasteiger partial charge on any atom is -0.394 e. The molecule has 0 aliphatic carbocycles. The van der Waals surface area contributed by atoms with Gasteiger partial charge in [-0.05, 0) is 0 Å². The van der Waals surface area contributed by atoms with E-state index in [1.165, 1.54) is 0 Å². The number of rotatable bonds is 2. The summed E-state index contributed by atoms with van der Waals surface area (Å²) in [6, 6.07) is 0. The van der Waals surface area contributed by atoms with Crippen LogP contribution in [0.25, 0.3) is 0 Å². The molecule has 4 atom stereocenters. The first-order chi connectivity index (χ1) is 5.26. The number of hydrogen-bond acceptors (Lipinski definition) is 4. The molecule has 0 aromatic carbocycles. The maximum atomic E-state index is 8.78. The van der Waals surface area contributed by atoms with Crippen LogP contribution < -0.4 is 5.73 Å². The Morgan fingerprint density at radius 1 is 1.64 bits per heavy atom. The Kier molecular flexibility index (Phi) is 3.69. The van der Waals surface area contributed by atoms with Crippen LogP contribution in [0.1, 0.15) is 12.8 Å².